The van der Waals surface area contributed by atoms with Crippen LogP contribution in [0.25, 0.3) is 0 Å². The lowest BCUT2D eigenvalue weighted by Crippen LogP contribution is -1.97. The fourth-order valence-corrected chi connectivity index (χ4v) is 0.137. The van der Waals surface area contributed by atoms with Gasteiger partial charge in [-0.3, -0.25) is 4.79 Å². The lowest BCUT2D eigenvalue weighted by molar-refractivity contribution is -0.104. The predicted molar refractivity (Wildman–Crippen MR) is 24.3 cm³/mol. The number of carbonyl (C=O) groups is 1. The van der Waals surface area contributed by atoms with E-state index >= 15 is 0 Å². The molecule has 0 aromatic heterocycles. The van der Waals surface area contributed by atoms with Crippen LogP contribution in [0.4, 0.5) is 8.63 Å². The molecule has 0 aliphatic heterocycles. The van der Waals surface area contributed by atoms with Crippen LogP contribution in [0.3, 0.4) is 0 Å². The van der Waals surface area contributed by atoms with E-state index < -0.39 is 7.47 Å². The predicted octanol–water partition coefficient (Wildman–Crippen LogP) is 0.639. The van der Waals surface area contributed by atoms with Crippen LogP contribution in [0.2, 0.25) is 0 Å². The Hall–Kier alpha value is -0.865. The fourth-order valence-electron chi connectivity index (χ4n) is 0.137. The Balaban J connectivity index is 3.15. The van der Waals surface area contributed by atoms with Crippen LogP contribution in [0.15, 0.2) is 12.3 Å². The van der Waals surface area contributed by atoms with Gasteiger partial charge in [-0.25, -0.2) is 8.63 Å². The number of allylic oxidation sites excluding steroid dienone is 1. The van der Waals surface area contributed by atoms with Crippen LogP contribution in [-0.4, -0.2) is 13.8 Å². The molecule has 0 saturated heterocycles. The monoisotopic (exact) mass is 120 g/mol. The Bertz CT molecular complexity index is 93.3. The fraction of sp³-hybridized carbons (Fsp3) is 0. The summed E-state index contributed by atoms with van der Waals surface area (Å²) >= 11 is 0. The van der Waals surface area contributed by atoms with E-state index in [2.05, 4.69) is 4.65 Å². The summed E-state index contributed by atoms with van der Waals surface area (Å²) in [5.41, 5.74) is 0. The molecule has 0 bridgehead atoms. The van der Waals surface area contributed by atoms with Crippen molar-refractivity contribution in [1.82, 2.24) is 0 Å². The van der Waals surface area contributed by atoms with Crippen LogP contribution >= 0.6 is 0 Å². The van der Waals surface area contributed by atoms with Crippen LogP contribution in [0.1, 0.15) is 0 Å². The molecule has 0 amide bonds. The molecule has 0 aromatic carbocycles. The first-order chi connectivity index (χ1) is 3.77. The molecule has 0 saturated carbocycles. The molecule has 0 unspecified atom stereocenters. The Kier molecular flexibility index (Phi) is 3.83. The van der Waals surface area contributed by atoms with Gasteiger partial charge >= 0.3 is 7.47 Å². The molecule has 5 heteroatoms. The zero-order valence-electron chi connectivity index (χ0n) is 3.88. The number of carbonyl (C=O) groups excluding carboxylic acids is 1. The zero-order chi connectivity index (χ0) is 6.41. The Morgan fingerprint density at radius 2 is 2.12 bits per heavy atom. The molecule has 0 aliphatic carbocycles. The van der Waals surface area contributed by atoms with Crippen molar-refractivity contribution in [2.45, 2.75) is 0 Å². The summed E-state index contributed by atoms with van der Waals surface area (Å²) in [6.07, 6.45) is 1.83. The van der Waals surface area contributed by atoms with Crippen LogP contribution in [0.5, 0.6) is 0 Å². The van der Waals surface area contributed by atoms with E-state index in [1.165, 1.54) is 0 Å². The molecular formula is C3H3BF2O2. The number of hydrogen-bond donors (Lipinski definition) is 0. The van der Waals surface area contributed by atoms with E-state index in [0.29, 0.717) is 12.5 Å². The highest BCUT2D eigenvalue weighted by Gasteiger charge is 2.13. The van der Waals surface area contributed by atoms with Gasteiger partial charge in [0.2, 0.25) is 0 Å². The molecule has 2 nitrogen and oxygen atoms in total. The summed E-state index contributed by atoms with van der Waals surface area (Å²) in [5, 5.41) is 0. The standard InChI is InChI=1S/C3H3BF2O2/c5-4(6)8-3-1-2-7/h1-3H/b3-1-. The van der Waals surface area contributed by atoms with Crippen molar-refractivity contribution in [2.75, 3.05) is 0 Å². The number of halogens is 2. The Morgan fingerprint density at radius 1 is 1.50 bits per heavy atom. The third-order valence-corrected chi connectivity index (χ3v) is 0.339. The molecule has 0 rings (SSSR count). The van der Waals surface area contributed by atoms with E-state index in [9.17, 15) is 13.4 Å². The molecule has 0 aromatic rings. The minimum absolute atomic E-state index is 0.350. The van der Waals surface area contributed by atoms with Gasteiger partial charge in [-0.2, -0.15) is 0 Å². The minimum atomic E-state index is -2.84. The van der Waals surface area contributed by atoms with E-state index in [0.717, 1.165) is 6.08 Å². The normalized spacial score (nSPS) is 9.25. The smallest absolute Gasteiger partial charge is 0.512 e. The van der Waals surface area contributed by atoms with Gasteiger partial charge in [0, 0.05) is 6.08 Å². The third kappa shape index (κ3) is 5.13. The lowest BCUT2D eigenvalue weighted by atomic mass is 10.4. The Labute approximate surface area is 45.3 Å². The van der Waals surface area contributed by atoms with Crippen molar-refractivity contribution in [1.29, 1.82) is 0 Å². The molecule has 0 spiro atoms. The second-order valence-corrected chi connectivity index (χ2v) is 0.861. The zero-order valence-corrected chi connectivity index (χ0v) is 3.88. The second kappa shape index (κ2) is 4.30. The minimum Gasteiger partial charge on any atom is -0.512 e. The first-order valence-electron chi connectivity index (χ1n) is 1.81. The largest absolute Gasteiger partial charge is 0.796 e. The summed E-state index contributed by atoms with van der Waals surface area (Å²) in [6.45, 7) is 0. The second-order valence-electron chi connectivity index (χ2n) is 0.861. The third-order valence-electron chi connectivity index (χ3n) is 0.339. The van der Waals surface area contributed by atoms with Crippen molar-refractivity contribution in [3.63, 3.8) is 0 Å². The van der Waals surface area contributed by atoms with Gasteiger partial charge in [0.1, 0.15) is 6.29 Å². The highest BCUT2D eigenvalue weighted by atomic mass is 19.2. The van der Waals surface area contributed by atoms with E-state index in [1.54, 1.807) is 0 Å². The maximum Gasteiger partial charge on any atom is 0.796 e. The summed E-state index contributed by atoms with van der Waals surface area (Å²) in [6, 6.07) is 0. The molecule has 44 valence electrons. The van der Waals surface area contributed by atoms with Crippen molar-refractivity contribution < 1.29 is 18.1 Å². The van der Waals surface area contributed by atoms with Gasteiger partial charge in [-0.15, -0.1) is 0 Å². The van der Waals surface area contributed by atoms with E-state index in [4.69, 9.17) is 0 Å². The van der Waals surface area contributed by atoms with Gasteiger partial charge in [0.15, 0.2) is 0 Å². The summed E-state index contributed by atoms with van der Waals surface area (Å²) in [5.74, 6) is 0. The molecule has 8 heavy (non-hydrogen) atoms. The Morgan fingerprint density at radius 3 is 2.50 bits per heavy atom. The topological polar surface area (TPSA) is 26.3 Å². The van der Waals surface area contributed by atoms with E-state index in [1.807, 2.05) is 0 Å². The number of hydrogen-bond acceptors (Lipinski definition) is 2. The first-order valence-corrected chi connectivity index (χ1v) is 1.81. The molecule has 0 N–H and O–H groups in total. The maximum absolute atomic E-state index is 11.0. The van der Waals surface area contributed by atoms with Crippen molar-refractivity contribution >= 4 is 13.8 Å². The van der Waals surface area contributed by atoms with E-state index in [-0.39, 0.29) is 0 Å². The van der Waals surface area contributed by atoms with Crippen molar-refractivity contribution in [3.8, 4) is 0 Å². The quantitative estimate of drug-likeness (QED) is 0.236. The summed E-state index contributed by atoms with van der Waals surface area (Å²) in [4.78, 5) is 9.37. The number of rotatable bonds is 3. The summed E-state index contributed by atoms with van der Waals surface area (Å²) in [7, 11) is -2.84. The van der Waals surface area contributed by atoms with Crippen molar-refractivity contribution in [3.05, 3.63) is 12.3 Å². The first kappa shape index (κ1) is 7.13. The molecule has 0 aliphatic rings. The van der Waals surface area contributed by atoms with Crippen LogP contribution in [-0.2, 0) is 9.45 Å². The average molecular weight is 120 g/mol. The molecule has 0 heterocycles. The molecule has 0 atom stereocenters. The van der Waals surface area contributed by atoms with Gasteiger partial charge in [-0.1, -0.05) is 0 Å². The average Bonchev–Trinajstić information content (AvgIpc) is 1.66. The molecular weight excluding hydrogens is 117 g/mol. The highest BCUT2D eigenvalue weighted by Crippen LogP contribution is 1.87. The summed E-state index contributed by atoms with van der Waals surface area (Å²) < 4.78 is 25.5. The SMILES string of the molecule is O=C/C=C\OB(F)F. The van der Waals surface area contributed by atoms with Gasteiger partial charge in [-0.05, 0) is 0 Å². The number of aldehydes is 1. The van der Waals surface area contributed by atoms with Crippen LogP contribution < -0.4 is 0 Å². The highest BCUT2D eigenvalue weighted by molar-refractivity contribution is 6.34. The molecule has 0 radical (unpaired) electrons. The van der Waals surface area contributed by atoms with Crippen molar-refractivity contribution in [2.24, 2.45) is 0 Å². The van der Waals surface area contributed by atoms with Crippen LogP contribution in [0, 0.1) is 0 Å². The van der Waals surface area contributed by atoms with Gasteiger partial charge in [0.05, 0.1) is 6.26 Å². The van der Waals surface area contributed by atoms with Gasteiger partial charge < -0.3 is 4.65 Å². The lowest BCUT2D eigenvalue weighted by Gasteiger charge is -1.86. The molecule has 0 fully saturated rings. The maximum atomic E-state index is 11.0. The van der Waals surface area contributed by atoms with Gasteiger partial charge in [0.25, 0.3) is 0 Å².